The number of pyridine rings is 1. The third-order valence-electron chi connectivity index (χ3n) is 4.70. The molecule has 2 aromatic carbocycles. The van der Waals surface area contributed by atoms with Crippen LogP contribution in [-0.4, -0.2) is 15.8 Å². The number of hydrogen-bond acceptors (Lipinski definition) is 3. The van der Waals surface area contributed by atoms with Gasteiger partial charge in [0.05, 0.1) is 12.6 Å². The van der Waals surface area contributed by atoms with Gasteiger partial charge in [-0.05, 0) is 36.8 Å². The van der Waals surface area contributed by atoms with Crippen molar-refractivity contribution in [3.05, 3.63) is 102 Å². The van der Waals surface area contributed by atoms with Crippen LogP contribution < -0.4 is 0 Å². The monoisotopic (exact) mass is 356 g/mol. The van der Waals surface area contributed by atoms with E-state index >= 15 is 0 Å². The number of carbonyl (C=O) groups is 1. The van der Waals surface area contributed by atoms with Crippen molar-refractivity contribution in [3.8, 4) is 0 Å². The van der Waals surface area contributed by atoms with Gasteiger partial charge in [-0.2, -0.15) is 0 Å². The number of hydrogen-bond donors (Lipinski definition) is 0. The highest BCUT2D eigenvalue weighted by Gasteiger charge is 2.25. The lowest BCUT2D eigenvalue weighted by molar-refractivity contribution is 0.0654. The Hall–Kier alpha value is -3.40. The molecule has 27 heavy (non-hydrogen) atoms. The lowest BCUT2D eigenvalue weighted by atomic mass is 10.1. The smallest absolute Gasteiger partial charge is 0.273 e. The second kappa shape index (κ2) is 7.46. The number of rotatable bonds is 5. The number of amides is 1. The summed E-state index contributed by atoms with van der Waals surface area (Å²) in [7, 11) is 0. The quantitative estimate of drug-likeness (QED) is 0.492. The molecular weight excluding hydrogens is 336 g/mol. The molecule has 0 saturated carbocycles. The van der Waals surface area contributed by atoms with Gasteiger partial charge in [0.2, 0.25) is 0 Å². The SMILES string of the molecule is C[C@H](c1ccccc1)N(Cc1cc2ccccc2o1)C(=O)c1ccccn1. The molecule has 2 aromatic heterocycles. The molecule has 0 aliphatic rings. The van der Waals surface area contributed by atoms with Gasteiger partial charge in [-0.25, -0.2) is 0 Å². The highest BCUT2D eigenvalue weighted by Crippen LogP contribution is 2.26. The van der Waals surface area contributed by atoms with E-state index in [-0.39, 0.29) is 11.9 Å². The maximum Gasteiger partial charge on any atom is 0.273 e. The van der Waals surface area contributed by atoms with Crippen molar-refractivity contribution in [2.24, 2.45) is 0 Å². The lowest BCUT2D eigenvalue weighted by Crippen LogP contribution is -2.33. The van der Waals surface area contributed by atoms with Crippen LogP contribution in [0, 0.1) is 0 Å². The zero-order valence-electron chi connectivity index (χ0n) is 15.1. The van der Waals surface area contributed by atoms with E-state index < -0.39 is 0 Å². The fraction of sp³-hybridized carbons (Fsp3) is 0.130. The minimum absolute atomic E-state index is 0.117. The fourth-order valence-electron chi connectivity index (χ4n) is 3.22. The molecule has 2 heterocycles. The Bertz CT molecular complexity index is 1010. The van der Waals surface area contributed by atoms with Crippen LogP contribution in [0.2, 0.25) is 0 Å². The first kappa shape index (κ1) is 17.0. The molecule has 1 amide bonds. The van der Waals surface area contributed by atoms with Crippen molar-refractivity contribution in [3.63, 3.8) is 0 Å². The van der Waals surface area contributed by atoms with E-state index in [9.17, 15) is 4.79 Å². The van der Waals surface area contributed by atoms with Crippen molar-refractivity contribution in [2.75, 3.05) is 0 Å². The minimum Gasteiger partial charge on any atom is -0.459 e. The molecule has 4 aromatic rings. The van der Waals surface area contributed by atoms with Gasteiger partial charge >= 0.3 is 0 Å². The van der Waals surface area contributed by atoms with Crippen molar-refractivity contribution < 1.29 is 9.21 Å². The Morgan fingerprint density at radius 1 is 1.00 bits per heavy atom. The summed E-state index contributed by atoms with van der Waals surface area (Å²) in [4.78, 5) is 19.2. The van der Waals surface area contributed by atoms with E-state index in [0.717, 1.165) is 22.3 Å². The summed E-state index contributed by atoms with van der Waals surface area (Å²) in [6.07, 6.45) is 1.64. The third-order valence-corrected chi connectivity index (χ3v) is 4.70. The zero-order valence-corrected chi connectivity index (χ0v) is 15.1. The van der Waals surface area contributed by atoms with Gasteiger partial charge in [0.1, 0.15) is 17.0 Å². The molecule has 0 radical (unpaired) electrons. The summed E-state index contributed by atoms with van der Waals surface area (Å²) < 4.78 is 5.96. The van der Waals surface area contributed by atoms with Gasteiger partial charge in [0.15, 0.2) is 0 Å². The number of carbonyl (C=O) groups excluding carboxylic acids is 1. The van der Waals surface area contributed by atoms with Gasteiger partial charge in [0, 0.05) is 11.6 Å². The van der Waals surface area contributed by atoms with Crippen LogP contribution in [0.25, 0.3) is 11.0 Å². The molecule has 134 valence electrons. The largest absolute Gasteiger partial charge is 0.459 e. The van der Waals surface area contributed by atoms with E-state index in [4.69, 9.17) is 4.42 Å². The molecule has 0 aliphatic heterocycles. The topological polar surface area (TPSA) is 46.3 Å². The molecule has 0 N–H and O–H groups in total. The van der Waals surface area contributed by atoms with Gasteiger partial charge < -0.3 is 9.32 Å². The average molecular weight is 356 g/mol. The van der Waals surface area contributed by atoms with Gasteiger partial charge in [-0.1, -0.05) is 54.6 Å². The Balaban J connectivity index is 1.69. The minimum atomic E-state index is -0.118. The normalized spacial score (nSPS) is 12.0. The number of fused-ring (bicyclic) bond motifs is 1. The number of furan rings is 1. The van der Waals surface area contributed by atoms with E-state index in [0.29, 0.717) is 12.2 Å². The van der Waals surface area contributed by atoms with E-state index in [2.05, 4.69) is 4.98 Å². The summed E-state index contributed by atoms with van der Waals surface area (Å²) in [5.74, 6) is 0.635. The van der Waals surface area contributed by atoms with Crippen LogP contribution in [0.4, 0.5) is 0 Å². The highest BCUT2D eigenvalue weighted by molar-refractivity contribution is 5.92. The number of nitrogens with zero attached hydrogens (tertiary/aromatic N) is 2. The molecule has 0 spiro atoms. The van der Waals surface area contributed by atoms with Crippen LogP contribution in [0.15, 0.2) is 89.5 Å². The van der Waals surface area contributed by atoms with Crippen molar-refractivity contribution in [2.45, 2.75) is 19.5 Å². The number of benzene rings is 2. The third kappa shape index (κ3) is 3.60. The second-order valence-electron chi connectivity index (χ2n) is 6.49. The van der Waals surface area contributed by atoms with Crippen LogP contribution in [0.5, 0.6) is 0 Å². The van der Waals surface area contributed by atoms with Crippen LogP contribution >= 0.6 is 0 Å². The summed E-state index contributed by atoms with van der Waals surface area (Å²) in [5, 5.41) is 1.03. The van der Waals surface area contributed by atoms with Crippen LogP contribution in [0.1, 0.15) is 34.8 Å². The molecule has 0 fully saturated rings. The van der Waals surface area contributed by atoms with E-state index in [1.54, 1.807) is 23.2 Å². The Labute approximate surface area is 158 Å². The maximum atomic E-state index is 13.2. The van der Waals surface area contributed by atoms with Crippen LogP contribution in [-0.2, 0) is 6.54 Å². The molecule has 0 bridgehead atoms. The van der Waals surface area contributed by atoms with Gasteiger partial charge in [-0.3, -0.25) is 9.78 Å². The molecule has 4 rings (SSSR count). The highest BCUT2D eigenvalue weighted by atomic mass is 16.3. The Morgan fingerprint density at radius 2 is 1.74 bits per heavy atom. The summed E-state index contributed by atoms with van der Waals surface area (Å²) in [6.45, 7) is 2.40. The molecule has 0 saturated heterocycles. The summed E-state index contributed by atoms with van der Waals surface area (Å²) in [6, 6.07) is 25.1. The van der Waals surface area contributed by atoms with Gasteiger partial charge in [-0.15, -0.1) is 0 Å². The molecule has 4 heteroatoms. The predicted molar refractivity (Wildman–Crippen MR) is 105 cm³/mol. The first-order valence-corrected chi connectivity index (χ1v) is 8.97. The number of para-hydroxylation sites is 1. The molecule has 4 nitrogen and oxygen atoms in total. The van der Waals surface area contributed by atoms with Crippen molar-refractivity contribution >= 4 is 16.9 Å². The molecule has 0 unspecified atom stereocenters. The summed E-state index contributed by atoms with van der Waals surface area (Å²) >= 11 is 0. The maximum absolute atomic E-state index is 13.2. The molecular formula is C23H20N2O2. The van der Waals surface area contributed by atoms with Crippen molar-refractivity contribution in [1.29, 1.82) is 0 Å². The standard InChI is InChI=1S/C23H20N2O2/c1-17(18-9-3-2-4-10-18)25(23(26)21-12-7-8-14-24-21)16-20-15-19-11-5-6-13-22(19)27-20/h2-15,17H,16H2,1H3/t17-/m1/s1. The average Bonchev–Trinajstić information content (AvgIpc) is 3.15. The number of aromatic nitrogens is 1. The van der Waals surface area contributed by atoms with E-state index in [1.807, 2.05) is 73.7 Å². The summed E-state index contributed by atoms with van der Waals surface area (Å²) in [5.41, 5.74) is 2.32. The fourth-order valence-corrected chi connectivity index (χ4v) is 3.22. The Kier molecular flexibility index (Phi) is 4.71. The van der Waals surface area contributed by atoms with E-state index in [1.165, 1.54) is 0 Å². The van der Waals surface area contributed by atoms with Crippen molar-refractivity contribution in [1.82, 2.24) is 9.88 Å². The second-order valence-corrected chi connectivity index (χ2v) is 6.49. The van der Waals surface area contributed by atoms with Gasteiger partial charge in [0.25, 0.3) is 5.91 Å². The Morgan fingerprint density at radius 3 is 2.48 bits per heavy atom. The molecule has 0 aliphatic carbocycles. The first-order chi connectivity index (χ1) is 13.2. The predicted octanol–water partition coefficient (Wildman–Crippen LogP) is 5.23. The first-order valence-electron chi connectivity index (χ1n) is 8.97. The zero-order chi connectivity index (χ0) is 18.6. The lowest BCUT2D eigenvalue weighted by Gasteiger charge is -2.28. The van der Waals surface area contributed by atoms with Crippen LogP contribution in [0.3, 0.4) is 0 Å². The molecule has 1 atom stereocenters.